The molecule has 1 aromatic rings. The van der Waals surface area contributed by atoms with E-state index in [4.69, 9.17) is 37.9 Å². The Balaban J connectivity index is 0.882. The first-order valence-electron chi connectivity index (χ1n) is 26.6. The Labute approximate surface area is 426 Å². The number of aliphatic hydroxyl groups excluding tert-OH is 12. The highest BCUT2D eigenvalue weighted by Crippen LogP contribution is 2.65. The Hall–Kier alpha value is -1.84. The van der Waals surface area contributed by atoms with Gasteiger partial charge in [-0.3, -0.25) is 0 Å². The molecule has 0 bridgehead atoms. The van der Waals surface area contributed by atoms with E-state index in [9.17, 15) is 61.3 Å². The molecule has 1 unspecified atom stereocenters. The molecule has 73 heavy (non-hydrogen) atoms. The van der Waals surface area contributed by atoms with Crippen LogP contribution in [-0.4, -0.2) is 210 Å². The number of hydrogen-bond acceptors (Lipinski definition) is 20. The highest BCUT2D eigenvalue weighted by Gasteiger charge is 2.59. The maximum Gasteiger partial charge on any atom is 0.187 e. The highest BCUT2D eigenvalue weighted by atomic mass is 16.8. The maximum atomic E-state index is 11.6. The molecule has 6 fully saturated rings. The molecule has 8 aliphatic rings. The molecule has 4 aliphatic carbocycles. The minimum absolute atomic E-state index is 0.00634. The molecule has 4 saturated heterocycles. The zero-order valence-corrected chi connectivity index (χ0v) is 42.8. The molecule has 0 aromatic heterocycles. The van der Waals surface area contributed by atoms with Gasteiger partial charge in [-0.05, 0) is 135 Å². The summed E-state index contributed by atoms with van der Waals surface area (Å²) >= 11 is 0. The fraction of sp³-hybridized carbons (Fsp3) is 0.849. The number of aryl methyl sites for hydroxylation is 1. The first-order chi connectivity index (χ1) is 34.6. The SMILES string of the molecule is Cc1c(CCC(C)CO[C@@H]2O[C@H](CO)[C@@H](O)[C@H](O)[C@H]2O)ccc2c1[C@@]1(C)CC[C@H]3[C@@H](CC=C4C[C@@H](O[C@@H]5O[C@H](CO)[C@@H](O)[C@H](O[C@@H]6O[C@@H](C)[C@H](O)[C@@H](O)[C@H]6O)[C@H]5O[C@@H]5O[C@@H](C)[C@H](O)[C@@H](O)[C@H]5O)CC[C@@]43C)[C@@H]1C2. The van der Waals surface area contributed by atoms with Gasteiger partial charge in [-0.2, -0.15) is 0 Å². The smallest absolute Gasteiger partial charge is 0.187 e. The minimum atomic E-state index is -1.76. The van der Waals surface area contributed by atoms with E-state index in [0.29, 0.717) is 30.6 Å². The normalized spacial score (nSPS) is 49.3. The molecule has 20 nitrogen and oxygen atoms in total. The number of aliphatic hydroxyl groups is 12. The Morgan fingerprint density at radius 3 is 1.84 bits per heavy atom. The molecule has 414 valence electrons. The van der Waals surface area contributed by atoms with Crippen LogP contribution in [0.2, 0.25) is 0 Å². The third kappa shape index (κ3) is 10.3. The van der Waals surface area contributed by atoms with Crippen molar-refractivity contribution in [1.29, 1.82) is 0 Å². The summed E-state index contributed by atoms with van der Waals surface area (Å²) in [7, 11) is 0. The molecular weight excluding hydrogens is 957 g/mol. The molecule has 20 heteroatoms. The number of ether oxygens (including phenoxy) is 8. The predicted molar refractivity (Wildman–Crippen MR) is 255 cm³/mol. The number of rotatable bonds is 14. The third-order valence-corrected chi connectivity index (χ3v) is 18.7. The standard InChI is InChI=1S/C53H82O20/c1-22(21-66-48-43(63)42(62)38(58)33(19-54)70-48)7-8-26-9-10-27-17-32-30-12-11-28-18-29(13-15-52(28,5)31(30)14-16-53(32,6)35(27)23(26)2)69-51-47(73-50-45(65)41(61)37(57)25(4)68-50)46(39(59)34(20-55)71-51)72-49-44(64)40(60)36(56)24(3)67-49/h9-11,22,24-25,29-34,36-51,54-65H,7-8,12-21H2,1-6H3/t22?,24-,25-,29-,30+,31-,32-,33+,34+,36-,37-,38+,39+,40+,41+,42-,43+,44+,45+,46-,47+,48+,49-,50-,51+,52-,53-/m0/s1. The van der Waals surface area contributed by atoms with E-state index in [1.54, 1.807) is 0 Å². The summed E-state index contributed by atoms with van der Waals surface area (Å²) in [5.74, 6) is 1.44. The lowest BCUT2D eigenvalue weighted by Gasteiger charge is -2.58. The van der Waals surface area contributed by atoms with Crippen molar-refractivity contribution in [2.45, 2.75) is 234 Å². The van der Waals surface area contributed by atoms with Gasteiger partial charge in [0.2, 0.25) is 0 Å². The van der Waals surface area contributed by atoms with Gasteiger partial charge >= 0.3 is 0 Å². The minimum Gasteiger partial charge on any atom is -0.394 e. The van der Waals surface area contributed by atoms with Gasteiger partial charge in [0.05, 0.1) is 38.1 Å². The van der Waals surface area contributed by atoms with Crippen molar-refractivity contribution < 1.29 is 99.2 Å². The van der Waals surface area contributed by atoms with Gasteiger partial charge in [0, 0.05) is 0 Å². The average Bonchev–Trinajstić information content (AvgIpc) is 3.69. The molecule has 12 N–H and O–H groups in total. The fourth-order valence-electron chi connectivity index (χ4n) is 14.2. The second kappa shape index (κ2) is 22.1. The number of allylic oxidation sites excluding steroid dienone is 1. The van der Waals surface area contributed by atoms with Crippen LogP contribution >= 0.6 is 0 Å². The fourth-order valence-corrected chi connectivity index (χ4v) is 14.2. The van der Waals surface area contributed by atoms with Crippen LogP contribution in [0.1, 0.15) is 102 Å². The van der Waals surface area contributed by atoms with E-state index in [2.05, 4.69) is 45.9 Å². The lowest BCUT2D eigenvalue weighted by Crippen LogP contribution is -2.67. The van der Waals surface area contributed by atoms with Crippen LogP contribution in [0, 0.1) is 36.0 Å². The van der Waals surface area contributed by atoms with Crippen molar-refractivity contribution in [2.75, 3.05) is 19.8 Å². The van der Waals surface area contributed by atoms with E-state index in [1.807, 2.05) is 0 Å². The topological polar surface area (TPSA) is 317 Å². The summed E-state index contributed by atoms with van der Waals surface area (Å²) in [5.41, 5.74) is 6.74. The molecule has 2 saturated carbocycles. The Morgan fingerprint density at radius 2 is 1.19 bits per heavy atom. The third-order valence-electron chi connectivity index (χ3n) is 18.7. The summed E-state index contributed by atoms with van der Waals surface area (Å²) in [4.78, 5) is 0. The van der Waals surface area contributed by atoms with E-state index in [0.717, 1.165) is 44.9 Å². The largest absolute Gasteiger partial charge is 0.394 e. The summed E-state index contributed by atoms with van der Waals surface area (Å²) in [5, 5.41) is 127. The first-order valence-corrected chi connectivity index (χ1v) is 26.6. The zero-order valence-electron chi connectivity index (χ0n) is 42.8. The molecule has 0 amide bonds. The summed E-state index contributed by atoms with van der Waals surface area (Å²) in [6, 6.07) is 4.59. The monoisotopic (exact) mass is 1040 g/mol. The van der Waals surface area contributed by atoms with Gasteiger partial charge in [0.25, 0.3) is 0 Å². The van der Waals surface area contributed by atoms with Crippen molar-refractivity contribution >= 4 is 0 Å². The van der Waals surface area contributed by atoms with Crippen LogP contribution in [0.15, 0.2) is 23.8 Å². The van der Waals surface area contributed by atoms with Gasteiger partial charge in [-0.1, -0.05) is 44.6 Å². The van der Waals surface area contributed by atoms with E-state index in [1.165, 1.54) is 41.7 Å². The molecule has 27 atom stereocenters. The highest BCUT2D eigenvalue weighted by molar-refractivity contribution is 5.50. The van der Waals surface area contributed by atoms with E-state index in [-0.39, 0.29) is 23.4 Å². The molecule has 4 heterocycles. The van der Waals surface area contributed by atoms with Crippen LogP contribution in [0.3, 0.4) is 0 Å². The number of fused-ring (bicyclic) bond motifs is 7. The average molecular weight is 1040 g/mol. The van der Waals surface area contributed by atoms with Gasteiger partial charge in [-0.15, -0.1) is 0 Å². The second-order valence-electron chi connectivity index (χ2n) is 23.3. The van der Waals surface area contributed by atoms with Crippen LogP contribution in [0.4, 0.5) is 0 Å². The molecule has 4 aliphatic heterocycles. The first kappa shape index (κ1) is 55.9. The van der Waals surface area contributed by atoms with Crippen LogP contribution in [-0.2, 0) is 56.2 Å². The zero-order chi connectivity index (χ0) is 52.6. The molecule has 1 aromatic carbocycles. The van der Waals surface area contributed by atoms with Crippen LogP contribution < -0.4 is 0 Å². The molecular formula is C53H82O20. The van der Waals surface area contributed by atoms with Crippen molar-refractivity contribution in [3.63, 3.8) is 0 Å². The Kier molecular flexibility index (Phi) is 16.9. The quantitative estimate of drug-likeness (QED) is 0.102. The molecule has 9 rings (SSSR count). The van der Waals surface area contributed by atoms with E-state index < -0.39 is 142 Å². The Bertz CT molecular complexity index is 2080. The summed E-state index contributed by atoms with van der Waals surface area (Å²) in [6.45, 7) is 11.2. The second-order valence-corrected chi connectivity index (χ2v) is 23.3. The van der Waals surface area contributed by atoms with Crippen molar-refractivity contribution in [3.8, 4) is 0 Å². The predicted octanol–water partition coefficient (Wildman–Crippen LogP) is -0.755. The van der Waals surface area contributed by atoms with Crippen molar-refractivity contribution in [2.24, 2.45) is 29.1 Å². The summed E-state index contributed by atoms with van der Waals surface area (Å²) in [6.07, 6.45) is -18.9. The maximum absolute atomic E-state index is 11.6. The Morgan fingerprint density at radius 1 is 0.616 bits per heavy atom. The number of benzene rings is 1. The molecule has 0 radical (unpaired) electrons. The van der Waals surface area contributed by atoms with Gasteiger partial charge in [0.1, 0.15) is 85.5 Å². The van der Waals surface area contributed by atoms with Gasteiger partial charge in [-0.25, -0.2) is 0 Å². The molecule has 0 spiro atoms. The van der Waals surface area contributed by atoms with E-state index >= 15 is 0 Å². The van der Waals surface area contributed by atoms with Gasteiger partial charge in [0.15, 0.2) is 25.2 Å². The van der Waals surface area contributed by atoms with Gasteiger partial charge < -0.3 is 99.2 Å². The van der Waals surface area contributed by atoms with Crippen LogP contribution in [0.25, 0.3) is 0 Å². The summed E-state index contributed by atoms with van der Waals surface area (Å²) < 4.78 is 48.5. The van der Waals surface area contributed by atoms with Crippen molar-refractivity contribution in [1.82, 2.24) is 0 Å². The van der Waals surface area contributed by atoms with Crippen molar-refractivity contribution in [3.05, 3.63) is 46.0 Å². The lowest BCUT2D eigenvalue weighted by molar-refractivity contribution is -0.393. The number of hydrogen-bond donors (Lipinski definition) is 12. The van der Waals surface area contributed by atoms with Crippen LogP contribution in [0.5, 0.6) is 0 Å². The lowest BCUT2D eigenvalue weighted by atomic mass is 9.47.